The molecule has 0 bridgehead atoms. The quantitative estimate of drug-likeness (QED) is 0.739. The smallest absolute Gasteiger partial charge is 0.242 e. The van der Waals surface area contributed by atoms with Crippen LogP contribution >= 0.6 is 11.8 Å². The molecule has 0 saturated heterocycles. The van der Waals surface area contributed by atoms with Crippen LogP contribution in [-0.2, 0) is 14.8 Å². The first-order chi connectivity index (χ1) is 12.5. The predicted molar refractivity (Wildman–Crippen MR) is 112 cm³/mol. The molecule has 0 aromatic heterocycles. The van der Waals surface area contributed by atoms with Crippen LogP contribution in [0, 0.1) is 27.7 Å². The van der Waals surface area contributed by atoms with Gasteiger partial charge < -0.3 is 5.32 Å². The van der Waals surface area contributed by atoms with Crippen LogP contribution in [0.25, 0.3) is 0 Å². The van der Waals surface area contributed by atoms with Crippen molar-refractivity contribution in [3.05, 3.63) is 52.6 Å². The summed E-state index contributed by atoms with van der Waals surface area (Å²) < 4.78 is 26.0. The lowest BCUT2D eigenvalue weighted by Crippen LogP contribution is -2.23. The van der Waals surface area contributed by atoms with Crippen molar-refractivity contribution >= 4 is 33.4 Å². The van der Waals surface area contributed by atoms with E-state index in [0.29, 0.717) is 5.69 Å². The molecule has 0 atom stereocenters. The molecule has 0 spiro atoms. The van der Waals surface area contributed by atoms with Crippen molar-refractivity contribution < 1.29 is 13.2 Å². The molecule has 0 fully saturated rings. The monoisotopic (exact) mass is 406 g/mol. The lowest BCUT2D eigenvalue weighted by molar-refractivity contribution is -0.113. The number of hydrogen-bond donors (Lipinski definition) is 1. The first-order valence-electron chi connectivity index (χ1n) is 8.56. The number of aryl methyl sites for hydroxylation is 3. The van der Waals surface area contributed by atoms with E-state index in [1.807, 2.05) is 39.8 Å². The number of amides is 1. The minimum atomic E-state index is -3.56. The summed E-state index contributed by atoms with van der Waals surface area (Å²) in [4.78, 5) is 13.7. The van der Waals surface area contributed by atoms with Gasteiger partial charge in [-0.15, -0.1) is 11.8 Å². The molecular weight excluding hydrogens is 380 g/mol. The molecule has 0 heterocycles. The number of nitrogens with one attached hydrogen (secondary N) is 1. The Kier molecular flexibility index (Phi) is 6.72. The molecule has 1 N–H and O–H groups in total. The standard InChI is InChI=1S/C20H26N2O3S2/c1-13-7-8-14(2)19(9-13)26-12-20(23)21-18-11-17(10-15(3)16(18)4)27(24,25)22(5)6/h7-11H,12H2,1-6H3,(H,21,23). The van der Waals surface area contributed by atoms with Gasteiger partial charge in [0.1, 0.15) is 0 Å². The molecule has 0 aliphatic rings. The van der Waals surface area contributed by atoms with Gasteiger partial charge in [0.05, 0.1) is 10.6 Å². The van der Waals surface area contributed by atoms with E-state index < -0.39 is 10.0 Å². The fraction of sp³-hybridized carbons (Fsp3) is 0.350. The third kappa shape index (κ3) is 5.12. The molecule has 5 nitrogen and oxygen atoms in total. The minimum Gasteiger partial charge on any atom is -0.325 e. The van der Waals surface area contributed by atoms with E-state index in [1.54, 1.807) is 6.07 Å². The molecule has 0 unspecified atom stereocenters. The number of nitrogens with zero attached hydrogens (tertiary/aromatic N) is 1. The van der Waals surface area contributed by atoms with Gasteiger partial charge in [0.25, 0.3) is 0 Å². The Balaban J connectivity index is 2.20. The van der Waals surface area contributed by atoms with Gasteiger partial charge in [-0.1, -0.05) is 17.7 Å². The van der Waals surface area contributed by atoms with Crippen molar-refractivity contribution in [2.75, 3.05) is 25.2 Å². The van der Waals surface area contributed by atoms with Gasteiger partial charge in [-0.05, 0) is 62.6 Å². The van der Waals surface area contributed by atoms with Gasteiger partial charge in [-0.3, -0.25) is 4.79 Å². The molecule has 146 valence electrons. The highest BCUT2D eigenvalue weighted by Crippen LogP contribution is 2.27. The zero-order chi connectivity index (χ0) is 20.4. The fourth-order valence-electron chi connectivity index (χ4n) is 2.51. The molecule has 0 saturated carbocycles. The van der Waals surface area contributed by atoms with E-state index in [4.69, 9.17) is 0 Å². The van der Waals surface area contributed by atoms with Gasteiger partial charge in [0, 0.05) is 24.7 Å². The number of thioether (sulfide) groups is 1. The van der Waals surface area contributed by atoms with Crippen molar-refractivity contribution in [2.24, 2.45) is 0 Å². The summed E-state index contributed by atoms with van der Waals surface area (Å²) in [7, 11) is -0.584. The SMILES string of the molecule is Cc1ccc(C)c(SCC(=O)Nc2cc(S(=O)(=O)N(C)C)cc(C)c2C)c1. The Labute approximate surface area is 166 Å². The Morgan fingerprint density at radius 1 is 1.04 bits per heavy atom. The molecule has 7 heteroatoms. The molecule has 0 radical (unpaired) electrons. The van der Waals surface area contributed by atoms with E-state index in [2.05, 4.69) is 11.4 Å². The van der Waals surface area contributed by atoms with Gasteiger partial charge >= 0.3 is 0 Å². The second-order valence-corrected chi connectivity index (χ2v) is 9.97. The number of anilines is 1. The van der Waals surface area contributed by atoms with E-state index in [1.165, 1.54) is 36.2 Å². The minimum absolute atomic E-state index is 0.164. The van der Waals surface area contributed by atoms with Gasteiger partial charge in [-0.25, -0.2) is 12.7 Å². The molecule has 2 aromatic rings. The summed E-state index contributed by atoms with van der Waals surface area (Å²) in [6.45, 7) is 7.74. The zero-order valence-corrected chi connectivity index (χ0v) is 18.2. The second kappa shape index (κ2) is 8.46. The van der Waals surface area contributed by atoms with Crippen LogP contribution < -0.4 is 5.32 Å². The molecule has 1 amide bonds. The largest absolute Gasteiger partial charge is 0.325 e. The zero-order valence-electron chi connectivity index (χ0n) is 16.6. The molecular formula is C20H26N2O3S2. The van der Waals surface area contributed by atoms with Crippen LogP contribution in [0.4, 0.5) is 5.69 Å². The van der Waals surface area contributed by atoms with Crippen LogP contribution in [0.5, 0.6) is 0 Å². The van der Waals surface area contributed by atoms with Crippen molar-refractivity contribution in [3.8, 4) is 0 Å². The molecule has 0 aliphatic carbocycles. The van der Waals surface area contributed by atoms with Gasteiger partial charge in [0.2, 0.25) is 15.9 Å². The average molecular weight is 407 g/mol. The van der Waals surface area contributed by atoms with Crippen molar-refractivity contribution in [3.63, 3.8) is 0 Å². The number of hydrogen-bond acceptors (Lipinski definition) is 4. The van der Waals surface area contributed by atoms with Gasteiger partial charge in [0.15, 0.2) is 0 Å². The first-order valence-corrected chi connectivity index (χ1v) is 11.0. The highest BCUT2D eigenvalue weighted by Gasteiger charge is 2.20. The maximum absolute atomic E-state index is 12.4. The summed E-state index contributed by atoms with van der Waals surface area (Å²) >= 11 is 1.47. The lowest BCUT2D eigenvalue weighted by Gasteiger charge is -2.16. The normalized spacial score (nSPS) is 11.7. The maximum Gasteiger partial charge on any atom is 0.242 e. The second-order valence-electron chi connectivity index (χ2n) is 6.81. The van der Waals surface area contributed by atoms with Crippen LogP contribution in [0.1, 0.15) is 22.3 Å². The van der Waals surface area contributed by atoms with Crippen molar-refractivity contribution in [1.82, 2.24) is 4.31 Å². The number of sulfonamides is 1. The van der Waals surface area contributed by atoms with E-state index >= 15 is 0 Å². The van der Waals surface area contributed by atoms with E-state index in [-0.39, 0.29) is 16.6 Å². The highest BCUT2D eigenvalue weighted by atomic mass is 32.2. The van der Waals surface area contributed by atoms with Gasteiger partial charge in [-0.2, -0.15) is 0 Å². The Hall–Kier alpha value is -1.83. The Morgan fingerprint density at radius 2 is 1.70 bits per heavy atom. The number of carbonyl (C=O) groups excluding carboxylic acids is 1. The topological polar surface area (TPSA) is 66.5 Å². The number of rotatable bonds is 6. The first kappa shape index (κ1) is 21.5. The maximum atomic E-state index is 12.4. The Bertz CT molecular complexity index is 967. The summed E-state index contributed by atoms with van der Waals surface area (Å²) in [5.41, 5.74) is 4.48. The highest BCUT2D eigenvalue weighted by molar-refractivity contribution is 8.00. The average Bonchev–Trinajstić information content (AvgIpc) is 2.59. The summed E-state index contributed by atoms with van der Waals surface area (Å²) in [6, 6.07) is 9.30. The van der Waals surface area contributed by atoms with E-state index in [0.717, 1.165) is 27.1 Å². The van der Waals surface area contributed by atoms with Crippen LogP contribution in [0.3, 0.4) is 0 Å². The Morgan fingerprint density at radius 3 is 2.33 bits per heavy atom. The summed E-state index contributed by atoms with van der Waals surface area (Å²) in [6.07, 6.45) is 0. The van der Waals surface area contributed by atoms with Crippen LogP contribution in [-0.4, -0.2) is 38.5 Å². The molecule has 2 rings (SSSR count). The predicted octanol–water partition coefficient (Wildman–Crippen LogP) is 3.90. The van der Waals surface area contributed by atoms with E-state index in [9.17, 15) is 13.2 Å². The van der Waals surface area contributed by atoms with Crippen LogP contribution in [0.15, 0.2) is 40.1 Å². The van der Waals surface area contributed by atoms with Crippen molar-refractivity contribution in [2.45, 2.75) is 37.5 Å². The third-order valence-electron chi connectivity index (χ3n) is 4.40. The van der Waals surface area contributed by atoms with Crippen LogP contribution in [0.2, 0.25) is 0 Å². The number of benzene rings is 2. The molecule has 0 aliphatic heterocycles. The number of carbonyl (C=O) groups is 1. The fourth-order valence-corrected chi connectivity index (χ4v) is 4.45. The van der Waals surface area contributed by atoms with Crippen molar-refractivity contribution in [1.29, 1.82) is 0 Å². The summed E-state index contributed by atoms with van der Waals surface area (Å²) in [5, 5.41) is 2.86. The molecule has 27 heavy (non-hydrogen) atoms. The molecule has 2 aromatic carbocycles. The lowest BCUT2D eigenvalue weighted by atomic mass is 10.1. The third-order valence-corrected chi connectivity index (χ3v) is 7.35. The summed E-state index contributed by atoms with van der Waals surface area (Å²) in [5.74, 6) is 0.0933.